The van der Waals surface area contributed by atoms with E-state index in [1.54, 1.807) is 0 Å². The fourth-order valence-corrected chi connectivity index (χ4v) is 7.83. The predicted octanol–water partition coefficient (Wildman–Crippen LogP) is 6.60. The van der Waals surface area contributed by atoms with Crippen molar-refractivity contribution in [2.75, 3.05) is 0 Å². The van der Waals surface area contributed by atoms with Crippen molar-refractivity contribution in [2.24, 2.45) is 28.6 Å². The predicted molar refractivity (Wildman–Crippen MR) is 112 cm³/mol. The van der Waals surface area contributed by atoms with Crippen molar-refractivity contribution in [2.45, 2.75) is 111 Å². The summed E-state index contributed by atoms with van der Waals surface area (Å²) >= 11 is 0. The third-order valence-corrected chi connectivity index (χ3v) is 13.5. The van der Waals surface area contributed by atoms with Crippen molar-refractivity contribution >= 4 is 14.1 Å². The van der Waals surface area contributed by atoms with Crippen LogP contribution in [0.1, 0.15) is 86.5 Å². The molecule has 0 saturated heterocycles. The molecule has 3 fully saturated rings. The van der Waals surface area contributed by atoms with E-state index in [1.165, 1.54) is 38.5 Å². The van der Waals surface area contributed by atoms with Gasteiger partial charge in [0.2, 0.25) is 0 Å². The summed E-state index contributed by atoms with van der Waals surface area (Å²) in [6.07, 6.45) is 8.93. The highest BCUT2D eigenvalue weighted by Crippen LogP contribution is 2.63. The molecule has 3 saturated carbocycles. The molecule has 5 atom stereocenters. The Morgan fingerprint density at radius 3 is 2.23 bits per heavy atom. The van der Waals surface area contributed by atoms with Crippen LogP contribution in [0.4, 0.5) is 0 Å². The first-order chi connectivity index (χ1) is 11.8. The average molecular weight is 379 g/mol. The molecule has 0 unspecified atom stereocenters. The minimum atomic E-state index is -1.95. The maximum absolute atomic E-state index is 13.5. The summed E-state index contributed by atoms with van der Waals surface area (Å²) in [4.78, 5) is 13.5. The second-order valence-corrected chi connectivity index (χ2v) is 16.7. The molecule has 3 aliphatic rings. The molecular weight excluding hydrogens is 336 g/mol. The molecule has 0 aromatic carbocycles. The van der Waals surface area contributed by atoms with E-state index in [1.807, 2.05) is 0 Å². The number of ketones is 1. The van der Waals surface area contributed by atoms with Gasteiger partial charge in [0.1, 0.15) is 6.10 Å². The summed E-state index contributed by atoms with van der Waals surface area (Å²) in [7, 11) is -1.95. The summed E-state index contributed by atoms with van der Waals surface area (Å²) in [5, 5.41) is 0.148. The Bertz CT molecular complexity index is 559. The van der Waals surface area contributed by atoms with Gasteiger partial charge in [0.05, 0.1) is 0 Å². The van der Waals surface area contributed by atoms with Gasteiger partial charge < -0.3 is 4.43 Å². The number of fused-ring (bicyclic) bond motifs is 3. The monoisotopic (exact) mass is 378 g/mol. The lowest BCUT2D eigenvalue weighted by molar-refractivity contribution is -0.169. The van der Waals surface area contributed by atoms with Crippen LogP contribution in [-0.2, 0) is 9.22 Å². The SMILES string of the molecule is CC1(C)C(=O)[C@@H](O[Si](C)(C)C(C)(C)C)C[C@]2(C)[C@H]3CCCC[C@@H]3CC[C@@H]12. The highest BCUT2D eigenvalue weighted by Gasteiger charge is 2.61. The largest absolute Gasteiger partial charge is 0.407 e. The second-order valence-electron chi connectivity index (χ2n) is 11.9. The van der Waals surface area contributed by atoms with E-state index in [-0.39, 0.29) is 22.0 Å². The molecule has 0 radical (unpaired) electrons. The first kappa shape index (κ1) is 20.6. The summed E-state index contributed by atoms with van der Waals surface area (Å²) < 4.78 is 6.77. The van der Waals surface area contributed by atoms with Crippen LogP contribution in [0.2, 0.25) is 18.1 Å². The zero-order valence-corrected chi connectivity index (χ0v) is 19.6. The Hall–Kier alpha value is -0.153. The smallest absolute Gasteiger partial charge is 0.193 e. The number of hydrogen-bond acceptors (Lipinski definition) is 2. The van der Waals surface area contributed by atoms with Crippen LogP contribution in [0, 0.1) is 28.6 Å². The van der Waals surface area contributed by atoms with E-state index in [2.05, 4.69) is 54.6 Å². The van der Waals surface area contributed by atoms with Crippen molar-refractivity contribution in [3.05, 3.63) is 0 Å². The zero-order valence-electron chi connectivity index (χ0n) is 18.6. The van der Waals surface area contributed by atoms with Gasteiger partial charge in [-0.3, -0.25) is 4.79 Å². The normalized spacial score (nSPS) is 40.7. The van der Waals surface area contributed by atoms with Crippen molar-refractivity contribution in [3.8, 4) is 0 Å². The van der Waals surface area contributed by atoms with Crippen LogP contribution >= 0.6 is 0 Å². The molecule has 0 aromatic rings. The van der Waals surface area contributed by atoms with Crippen LogP contribution in [0.3, 0.4) is 0 Å². The van der Waals surface area contributed by atoms with E-state index in [9.17, 15) is 4.79 Å². The Kier molecular flexibility index (Phi) is 5.10. The molecule has 0 bridgehead atoms. The third-order valence-electron chi connectivity index (χ3n) is 9.05. The van der Waals surface area contributed by atoms with E-state index in [4.69, 9.17) is 4.43 Å². The Morgan fingerprint density at radius 2 is 1.62 bits per heavy atom. The quantitative estimate of drug-likeness (QED) is 0.506. The van der Waals surface area contributed by atoms with E-state index < -0.39 is 8.32 Å². The summed E-state index contributed by atoms with van der Waals surface area (Å²) in [5.41, 5.74) is 0.0240. The molecule has 3 heteroatoms. The lowest BCUT2D eigenvalue weighted by Gasteiger charge is -2.61. The summed E-state index contributed by atoms with van der Waals surface area (Å²) in [5.74, 6) is 2.61. The van der Waals surface area contributed by atoms with Gasteiger partial charge in [-0.05, 0) is 67.0 Å². The molecule has 2 nitrogen and oxygen atoms in total. The fourth-order valence-electron chi connectivity index (χ4n) is 6.58. The molecule has 3 aliphatic carbocycles. The minimum Gasteiger partial charge on any atom is -0.407 e. The highest BCUT2D eigenvalue weighted by molar-refractivity contribution is 6.74. The number of hydrogen-bond donors (Lipinski definition) is 0. The molecule has 0 spiro atoms. The lowest BCUT2D eigenvalue weighted by atomic mass is 9.44. The standard InChI is InChI=1S/C23H42O2Si/c1-21(2,3)26(7,8)25-18-15-23(6)17-12-10-9-11-16(17)13-14-19(23)22(4,5)20(18)24/h16-19H,9-15H2,1-8H3/t16-,17+,18+,19+,23-/m1/s1. The van der Waals surface area contributed by atoms with Crippen molar-refractivity contribution < 1.29 is 9.22 Å². The summed E-state index contributed by atoms with van der Waals surface area (Å²) in [6.45, 7) is 18.4. The molecule has 0 N–H and O–H groups in total. The van der Waals surface area contributed by atoms with Crippen LogP contribution in [0.5, 0.6) is 0 Å². The molecule has 0 aliphatic heterocycles. The Balaban J connectivity index is 1.93. The summed E-state index contributed by atoms with van der Waals surface area (Å²) in [6, 6.07) is 0. The average Bonchev–Trinajstić information content (AvgIpc) is 2.51. The Morgan fingerprint density at radius 1 is 1.00 bits per heavy atom. The van der Waals surface area contributed by atoms with Gasteiger partial charge in [0.15, 0.2) is 14.1 Å². The maximum atomic E-state index is 13.5. The highest BCUT2D eigenvalue weighted by atomic mass is 28.4. The van der Waals surface area contributed by atoms with Crippen LogP contribution in [-0.4, -0.2) is 20.2 Å². The number of carbonyl (C=O) groups is 1. The third kappa shape index (κ3) is 3.15. The van der Waals surface area contributed by atoms with Crippen LogP contribution in [0.15, 0.2) is 0 Å². The molecule has 0 aromatic heterocycles. The van der Waals surface area contributed by atoms with Gasteiger partial charge >= 0.3 is 0 Å². The van der Waals surface area contributed by atoms with Gasteiger partial charge in [-0.25, -0.2) is 0 Å². The number of Topliss-reactive ketones (excluding diaryl/α,β-unsaturated/α-hetero) is 1. The van der Waals surface area contributed by atoms with Gasteiger partial charge in [0, 0.05) is 5.41 Å². The first-order valence-corrected chi connectivity index (χ1v) is 13.9. The topological polar surface area (TPSA) is 26.3 Å². The van der Waals surface area contributed by atoms with Gasteiger partial charge in [-0.15, -0.1) is 0 Å². The molecular formula is C23H42O2Si. The molecule has 26 heavy (non-hydrogen) atoms. The van der Waals surface area contributed by atoms with Gasteiger partial charge in [0.25, 0.3) is 0 Å². The molecule has 0 amide bonds. The van der Waals surface area contributed by atoms with Crippen LogP contribution in [0.25, 0.3) is 0 Å². The number of carbonyl (C=O) groups excluding carboxylic acids is 1. The lowest BCUT2D eigenvalue weighted by Crippen LogP contribution is -2.62. The van der Waals surface area contributed by atoms with E-state index in [0.717, 1.165) is 18.3 Å². The van der Waals surface area contributed by atoms with Crippen molar-refractivity contribution in [1.29, 1.82) is 0 Å². The molecule has 0 heterocycles. The fraction of sp³-hybridized carbons (Fsp3) is 0.957. The Labute approximate surface area is 163 Å². The van der Waals surface area contributed by atoms with E-state index >= 15 is 0 Å². The minimum absolute atomic E-state index is 0.148. The zero-order chi connectivity index (χ0) is 19.5. The van der Waals surface area contributed by atoms with Crippen LogP contribution < -0.4 is 0 Å². The van der Waals surface area contributed by atoms with Gasteiger partial charge in [-0.2, -0.15) is 0 Å². The van der Waals surface area contributed by atoms with E-state index in [0.29, 0.717) is 11.7 Å². The number of rotatable bonds is 2. The molecule has 150 valence electrons. The van der Waals surface area contributed by atoms with Gasteiger partial charge in [-0.1, -0.05) is 60.8 Å². The second kappa shape index (κ2) is 6.44. The van der Waals surface area contributed by atoms with Crippen molar-refractivity contribution in [3.63, 3.8) is 0 Å². The van der Waals surface area contributed by atoms with Crippen molar-refractivity contribution in [1.82, 2.24) is 0 Å². The first-order valence-electron chi connectivity index (χ1n) is 11.0. The maximum Gasteiger partial charge on any atom is 0.193 e. The molecule has 3 rings (SSSR count).